The van der Waals surface area contributed by atoms with Gasteiger partial charge in [0, 0.05) is 0 Å². The Morgan fingerprint density at radius 2 is 2.43 bits per heavy atom. The molecule has 1 atom stereocenters. The number of rotatable bonds is 3. The Morgan fingerprint density at radius 3 is 3.00 bits per heavy atom. The number of hydrogen-bond donors (Lipinski definition) is 3. The van der Waals surface area contributed by atoms with E-state index in [2.05, 4.69) is 15.5 Å². The van der Waals surface area contributed by atoms with E-state index in [1.54, 1.807) is 6.92 Å². The van der Waals surface area contributed by atoms with Crippen molar-refractivity contribution >= 4 is 23.2 Å². The van der Waals surface area contributed by atoms with Crippen molar-refractivity contribution in [3.05, 3.63) is 21.6 Å². The zero-order chi connectivity index (χ0) is 10.7. The molecule has 0 aromatic carbocycles. The van der Waals surface area contributed by atoms with Gasteiger partial charge in [-0.2, -0.15) is 5.10 Å². The van der Waals surface area contributed by atoms with Gasteiger partial charge in [-0.05, 0) is 6.92 Å². The van der Waals surface area contributed by atoms with Crippen LogP contribution in [0.5, 0.6) is 0 Å². The number of H-pyrrole nitrogens is 1. The third-order valence-electron chi connectivity index (χ3n) is 1.59. The van der Waals surface area contributed by atoms with E-state index in [4.69, 9.17) is 17.3 Å². The second-order valence-corrected chi connectivity index (χ2v) is 3.07. The number of aromatic nitrogens is 2. The Balaban J connectivity index is 2.92. The van der Waals surface area contributed by atoms with Gasteiger partial charge in [0.05, 0.1) is 11.9 Å². The molecule has 0 spiro atoms. The second kappa shape index (κ2) is 4.10. The first-order chi connectivity index (χ1) is 6.52. The van der Waals surface area contributed by atoms with Crippen molar-refractivity contribution in [3.8, 4) is 0 Å². The van der Waals surface area contributed by atoms with E-state index < -0.39 is 17.5 Å². The monoisotopic (exact) mass is 216 g/mol. The van der Waals surface area contributed by atoms with Crippen molar-refractivity contribution in [2.24, 2.45) is 5.73 Å². The highest BCUT2D eigenvalue weighted by atomic mass is 35.5. The summed E-state index contributed by atoms with van der Waals surface area (Å²) in [6.07, 6.45) is 1.31. The number of amides is 1. The summed E-state index contributed by atoms with van der Waals surface area (Å²) in [5.74, 6) is -0.540. The van der Waals surface area contributed by atoms with E-state index in [1.807, 2.05) is 0 Å². The lowest BCUT2D eigenvalue weighted by Gasteiger charge is -2.11. The fourth-order valence-electron chi connectivity index (χ4n) is 0.789. The number of carbonyl (C=O) groups excluding carboxylic acids is 1. The molecule has 14 heavy (non-hydrogen) atoms. The molecule has 0 fully saturated rings. The average Bonchev–Trinajstić information content (AvgIpc) is 2.12. The fraction of sp³-hybridized carbons (Fsp3) is 0.286. The molecule has 1 rings (SSSR count). The first-order valence-electron chi connectivity index (χ1n) is 3.81. The number of hydrogen-bond acceptors (Lipinski definition) is 4. The van der Waals surface area contributed by atoms with Crippen LogP contribution in [0, 0.1) is 0 Å². The van der Waals surface area contributed by atoms with Crippen LogP contribution < -0.4 is 16.6 Å². The van der Waals surface area contributed by atoms with Crippen LogP contribution in [0.1, 0.15) is 6.92 Å². The lowest BCUT2D eigenvalue weighted by atomic mass is 10.3. The summed E-state index contributed by atoms with van der Waals surface area (Å²) < 4.78 is 0. The highest BCUT2D eigenvalue weighted by Gasteiger charge is 2.11. The summed E-state index contributed by atoms with van der Waals surface area (Å²) in [7, 11) is 0. The van der Waals surface area contributed by atoms with E-state index in [0.717, 1.165) is 0 Å². The normalized spacial score (nSPS) is 12.1. The summed E-state index contributed by atoms with van der Waals surface area (Å²) in [6.45, 7) is 1.56. The van der Waals surface area contributed by atoms with Crippen LogP contribution >= 0.6 is 11.6 Å². The molecule has 1 heterocycles. The second-order valence-electron chi connectivity index (χ2n) is 2.70. The number of carbonyl (C=O) groups is 1. The van der Waals surface area contributed by atoms with Crippen LogP contribution in [-0.2, 0) is 4.79 Å². The van der Waals surface area contributed by atoms with Gasteiger partial charge in [0.25, 0.3) is 5.56 Å². The van der Waals surface area contributed by atoms with Gasteiger partial charge in [0.15, 0.2) is 0 Å². The summed E-state index contributed by atoms with van der Waals surface area (Å²) in [4.78, 5) is 21.7. The average molecular weight is 217 g/mol. The number of nitrogens with two attached hydrogens (primary N) is 1. The molecule has 0 radical (unpaired) electrons. The molecule has 1 aromatic rings. The number of halogens is 1. The maximum atomic E-state index is 11.0. The molecule has 1 aromatic heterocycles. The van der Waals surface area contributed by atoms with Gasteiger partial charge in [-0.15, -0.1) is 0 Å². The smallest absolute Gasteiger partial charge is 0.285 e. The predicted octanol–water partition coefficient (Wildman–Crippen LogP) is -0.291. The van der Waals surface area contributed by atoms with E-state index in [1.165, 1.54) is 6.20 Å². The summed E-state index contributed by atoms with van der Waals surface area (Å²) in [5.41, 5.74) is 4.78. The topological polar surface area (TPSA) is 101 Å². The zero-order valence-electron chi connectivity index (χ0n) is 7.37. The third-order valence-corrected chi connectivity index (χ3v) is 1.97. The van der Waals surface area contributed by atoms with Crippen LogP contribution in [-0.4, -0.2) is 22.1 Å². The Bertz CT molecular complexity index is 403. The van der Waals surface area contributed by atoms with Crippen molar-refractivity contribution in [1.82, 2.24) is 10.2 Å². The van der Waals surface area contributed by atoms with Crippen molar-refractivity contribution in [2.75, 3.05) is 5.32 Å². The molecule has 76 valence electrons. The van der Waals surface area contributed by atoms with Gasteiger partial charge in [0.2, 0.25) is 5.91 Å². The maximum Gasteiger partial charge on any atom is 0.285 e. The molecule has 0 bridgehead atoms. The van der Waals surface area contributed by atoms with Gasteiger partial charge in [0.1, 0.15) is 11.1 Å². The quantitative estimate of drug-likeness (QED) is 0.646. The van der Waals surface area contributed by atoms with Crippen molar-refractivity contribution in [3.63, 3.8) is 0 Å². The number of nitrogens with one attached hydrogen (secondary N) is 2. The van der Waals surface area contributed by atoms with Gasteiger partial charge in [-0.3, -0.25) is 9.59 Å². The number of nitrogens with zero attached hydrogens (tertiary/aromatic N) is 1. The molecule has 6 nitrogen and oxygen atoms in total. The minimum Gasteiger partial charge on any atom is -0.371 e. The molecular formula is C7H9ClN4O2. The van der Waals surface area contributed by atoms with Crippen LogP contribution in [0.25, 0.3) is 0 Å². The molecule has 0 saturated carbocycles. The first-order valence-corrected chi connectivity index (χ1v) is 4.19. The van der Waals surface area contributed by atoms with Crippen LogP contribution in [0.4, 0.5) is 5.69 Å². The van der Waals surface area contributed by atoms with Gasteiger partial charge in [-0.25, -0.2) is 5.10 Å². The molecule has 4 N–H and O–H groups in total. The molecule has 0 saturated heterocycles. The maximum absolute atomic E-state index is 11.0. The molecule has 0 aliphatic carbocycles. The lowest BCUT2D eigenvalue weighted by Crippen LogP contribution is -2.33. The summed E-state index contributed by atoms with van der Waals surface area (Å²) in [5, 5.41) is 8.28. The third kappa shape index (κ3) is 2.23. The Morgan fingerprint density at radius 1 is 1.79 bits per heavy atom. The lowest BCUT2D eigenvalue weighted by molar-refractivity contribution is -0.118. The van der Waals surface area contributed by atoms with E-state index in [-0.39, 0.29) is 10.7 Å². The minimum atomic E-state index is -0.615. The fourth-order valence-corrected chi connectivity index (χ4v) is 0.934. The molecule has 1 amide bonds. The molecule has 0 aliphatic heterocycles. The Kier molecular flexibility index (Phi) is 3.08. The largest absolute Gasteiger partial charge is 0.371 e. The zero-order valence-corrected chi connectivity index (χ0v) is 8.13. The number of primary amides is 1. The molecular weight excluding hydrogens is 208 g/mol. The number of anilines is 1. The first kappa shape index (κ1) is 10.5. The highest BCUT2D eigenvalue weighted by molar-refractivity contribution is 6.33. The van der Waals surface area contributed by atoms with E-state index in [0.29, 0.717) is 0 Å². The van der Waals surface area contributed by atoms with Gasteiger partial charge >= 0.3 is 0 Å². The predicted molar refractivity (Wildman–Crippen MR) is 52.1 cm³/mol. The van der Waals surface area contributed by atoms with E-state index >= 15 is 0 Å². The molecule has 1 unspecified atom stereocenters. The van der Waals surface area contributed by atoms with Gasteiger partial charge in [-0.1, -0.05) is 11.6 Å². The standard InChI is InChI=1S/C7H9ClN4O2/c1-3(6(9)13)11-4-2-10-12-7(14)5(4)8/h2-3H,1H3,(H2,9,13)(H2,11,12,14). The SMILES string of the molecule is CC(Nc1cn[nH]c(=O)c1Cl)C(N)=O. The number of aromatic amines is 1. The Labute approximate surface area is 84.5 Å². The van der Waals surface area contributed by atoms with Crippen LogP contribution in [0.15, 0.2) is 11.0 Å². The molecule has 7 heteroatoms. The van der Waals surface area contributed by atoms with Gasteiger partial charge < -0.3 is 11.1 Å². The van der Waals surface area contributed by atoms with Crippen LogP contribution in [0.3, 0.4) is 0 Å². The molecule has 0 aliphatic rings. The minimum absolute atomic E-state index is 0.0481. The van der Waals surface area contributed by atoms with Crippen molar-refractivity contribution in [1.29, 1.82) is 0 Å². The van der Waals surface area contributed by atoms with Crippen LogP contribution in [0.2, 0.25) is 5.02 Å². The highest BCUT2D eigenvalue weighted by Crippen LogP contribution is 2.14. The summed E-state index contributed by atoms with van der Waals surface area (Å²) >= 11 is 5.64. The van der Waals surface area contributed by atoms with Crippen molar-refractivity contribution in [2.45, 2.75) is 13.0 Å². The Hall–Kier alpha value is -1.56. The summed E-state index contributed by atoms with van der Waals surface area (Å²) in [6, 6.07) is -0.615. The van der Waals surface area contributed by atoms with E-state index in [9.17, 15) is 9.59 Å². The van der Waals surface area contributed by atoms with Crippen molar-refractivity contribution < 1.29 is 4.79 Å².